The number of nitrogens with one attached hydrogen (secondary N) is 2. The predicted molar refractivity (Wildman–Crippen MR) is 119 cm³/mol. The zero-order valence-corrected chi connectivity index (χ0v) is 17.9. The molecular weight excluding hydrogens is 428 g/mol. The maximum Gasteiger partial charge on any atom is 0.433 e. The first-order valence-corrected chi connectivity index (χ1v) is 10.6. The number of halogens is 3. The van der Waals surface area contributed by atoms with Gasteiger partial charge in [-0.1, -0.05) is 6.07 Å². The third-order valence-electron chi connectivity index (χ3n) is 4.50. The molecular formula is C21H18F3N4PS. The van der Waals surface area contributed by atoms with Gasteiger partial charge in [0.1, 0.15) is 11.5 Å². The average Bonchev–Trinajstić information content (AvgIpc) is 3.11. The second-order valence-corrected chi connectivity index (χ2v) is 8.45. The number of aromatic nitrogens is 3. The van der Waals surface area contributed by atoms with E-state index in [0.29, 0.717) is 16.5 Å². The zero-order valence-electron chi connectivity index (χ0n) is 15.9. The number of fused-ring (bicyclic) bond motifs is 1. The molecule has 0 amide bonds. The Hall–Kier alpha value is -2.57. The van der Waals surface area contributed by atoms with E-state index < -0.39 is 11.9 Å². The fourth-order valence-corrected chi connectivity index (χ4v) is 3.97. The van der Waals surface area contributed by atoms with Crippen molar-refractivity contribution >= 4 is 48.7 Å². The molecule has 4 nitrogen and oxygen atoms in total. The summed E-state index contributed by atoms with van der Waals surface area (Å²) >= 11 is 1.28. The van der Waals surface area contributed by atoms with Gasteiger partial charge in [0.05, 0.1) is 16.8 Å². The lowest BCUT2D eigenvalue weighted by molar-refractivity contribution is -0.141. The quantitative estimate of drug-likeness (QED) is 0.300. The van der Waals surface area contributed by atoms with Gasteiger partial charge in [0.25, 0.3) is 0 Å². The van der Waals surface area contributed by atoms with Crippen molar-refractivity contribution in [2.75, 3.05) is 5.32 Å². The number of imidazole rings is 1. The molecule has 0 bridgehead atoms. The molecule has 4 aromatic rings. The molecule has 0 spiro atoms. The number of rotatable bonds is 5. The van der Waals surface area contributed by atoms with Crippen LogP contribution in [0.1, 0.15) is 17.1 Å². The number of alkyl halides is 3. The summed E-state index contributed by atoms with van der Waals surface area (Å²) in [6, 6.07) is 14.6. The summed E-state index contributed by atoms with van der Waals surface area (Å²) in [5.41, 5.74) is 3.88. The summed E-state index contributed by atoms with van der Waals surface area (Å²) in [4.78, 5) is 11.6. The molecule has 0 aliphatic rings. The minimum Gasteiger partial charge on any atom is -0.355 e. The second-order valence-electron chi connectivity index (χ2n) is 6.78. The van der Waals surface area contributed by atoms with Gasteiger partial charge in [0.2, 0.25) is 0 Å². The monoisotopic (exact) mass is 446 g/mol. The molecule has 4 rings (SSSR count). The van der Waals surface area contributed by atoms with Crippen molar-refractivity contribution in [1.29, 1.82) is 0 Å². The standard InChI is InChI=1S/C21H18F3N4PS/c1-12-2-3-14(9-18(12)29)26-13-4-5-16-17(8-13)28-20(27-16)11-30-15-6-7-25-19(10-15)21(22,23)24/h2-10,26H,11,29H2,1H3,(H,27,28). The van der Waals surface area contributed by atoms with Crippen molar-refractivity contribution in [3.63, 3.8) is 0 Å². The Morgan fingerprint density at radius 2 is 1.83 bits per heavy atom. The smallest absolute Gasteiger partial charge is 0.355 e. The number of hydrogen-bond donors (Lipinski definition) is 2. The minimum absolute atomic E-state index is 0.424. The van der Waals surface area contributed by atoms with Crippen LogP contribution in [0.2, 0.25) is 0 Å². The lowest BCUT2D eigenvalue weighted by atomic mass is 10.2. The molecule has 0 saturated carbocycles. The van der Waals surface area contributed by atoms with E-state index in [1.165, 1.54) is 23.5 Å². The van der Waals surface area contributed by atoms with Crippen LogP contribution in [-0.2, 0) is 11.9 Å². The van der Waals surface area contributed by atoms with E-state index in [1.807, 2.05) is 24.3 Å². The van der Waals surface area contributed by atoms with Crippen LogP contribution in [0.25, 0.3) is 11.0 Å². The van der Waals surface area contributed by atoms with Crippen molar-refractivity contribution < 1.29 is 13.2 Å². The molecule has 2 heterocycles. The molecule has 0 fully saturated rings. The molecule has 154 valence electrons. The normalized spacial score (nSPS) is 11.8. The number of anilines is 2. The van der Waals surface area contributed by atoms with Crippen molar-refractivity contribution in [1.82, 2.24) is 15.0 Å². The number of aryl methyl sites for hydroxylation is 1. The predicted octanol–water partition coefficient (Wildman–Crippen LogP) is 5.82. The number of nitrogens with zero attached hydrogens (tertiary/aromatic N) is 2. The largest absolute Gasteiger partial charge is 0.433 e. The number of thioether (sulfide) groups is 1. The SMILES string of the molecule is Cc1ccc(Nc2ccc3nc(CSc4ccnc(C(F)(F)F)c4)[nH]c3c2)cc1P. The van der Waals surface area contributed by atoms with Gasteiger partial charge in [-0.15, -0.1) is 21.0 Å². The summed E-state index contributed by atoms with van der Waals surface area (Å²) in [7, 11) is 2.72. The first-order valence-electron chi connectivity index (χ1n) is 9.06. The van der Waals surface area contributed by atoms with Crippen LogP contribution in [0.4, 0.5) is 24.5 Å². The van der Waals surface area contributed by atoms with Gasteiger partial charge < -0.3 is 10.3 Å². The molecule has 0 aliphatic carbocycles. The van der Waals surface area contributed by atoms with Gasteiger partial charge in [0.15, 0.2) is 0 Å². The molecule has 9 heteroatoms. The number of benzene rings is 2. The Bertz CT molecular complexity index is 1210. The lowest BCUT2D eigenvalue weighted by Gasteiger charge is -2.08. The van der Waals surface area contributed by atoms with E-state index in [2.05, 4.69) is 48.6 Å². The number of hydrogen-bond acceptors (Lipinski definition) is 4. The molecule has 0 radical (unpaired) electrons. The van der Waals surface area contributed by atoms with Crippen LogP contribution in [0.15, 0.2) is 59.6 Å². The van der Waals surface area contributed by atoms with E-state index >= 15 is 0 Å². The van der Waals surface area contributed by atoms with E-state index in [4.69, 9.17) is 0 Å². The van der Waals surface area contributed by atoms with Gasteiger partial charge in [-0.2, -0.15) is 13.2 Å². The fraction of sp³-hybridized carbons (Fsp3) is 0.143. The molecule has 1 unspecified atom stereocenters. The first kappa shape index (κ1) is 20.7. The first-order chi connectivity index (χ1) is 14.3. The molecule has 0 saturated heterocycles. The average molecular weight is 446 g/mol. The minimum atomic E-state index is -4.45. The zero-order chi connectivity index (χ0) is 21.3. The highest BCUT2D eigenvalue weighted by molar-refractivity contribution is 7.98. The maximum absolute atomic E-state index is 12.8. The summed E-state index contributed by atoms with van der Waals surface area (Å²) in [6.07, 6.45) is -3.28. The van der Waals surface area contributed by atoms with E-state index in [0.717, 1.165) is 33.8 Å². The Morgan fingerprint density at radius 3 is 2.60 bits per heavy atom. The Morgan fingerprint density at radius 1 is 1.07 bits per heavy atom. The molecule has 0 aliphatic heterocycles. The van der Waals surface area contributed by atoms with Crippen LogP contribution in [0.5, 0.6) is 0 Å². The third kappa shape index (κ3) is 4.77. The molecule has 30 heavy (non-hydrogen) atoms. The molecule has 2 aromatic heterocycles. The Kier molecular flexibility index (Phi) is 5.71. The topological polar surface area (TPSA) is 53.6 Å². The summed E-state index contributed by atoms with van der Waals surface area (Å²) in [6.45, 7) is 2.05. The summed E-state index contributed by atoms with van der Waals surface area (Å²) in [5, 5.41) is 4.50. The van der Waals surface area contributed by atoms with Crippen LogP contribution < -0.4 is 10.6 Å². The number of pyridine rings is 1. The van der Waals surface area contributed by atoms with E-state index in [9.17, 15) is 13.2 Å². The van der Waals surface area contributed by atoms with Gasteiger partial charge in [-0.25, -0.2) is 4.98 Å². The van der Waals surface area contributed by atoms with Crippen molar-refractivity contribution in [2.24, 2.45) is 0 Å². The number of H-pyrrole nitrogens is 1. The summed E-state index contributed by atoms with van der Waals surface area (Å²) in [5.74, 6) is 1.12. The highest BCUT2D eigenvalue weighted by Gasteiger charge is 2.32. The van der Waals surface area contributed by atoms with Gasteiger partial charge in [-0.3, -0.25) is 4.98 Å². The van der Waals surface area contributed by atoms with Gasteiger partial charge in [-0.05, 0) is 60.3 Å². The third-order valence-corrected chi connectivity index (χ3v) is 6.12. The van der Waals surface area contributed by atoms with Gasteiger partial charge >= 0.3 is 6.18 Å². The lowest BCUT2D eigenvalue weighted by Crippen LogP contribution is -2.07. The molecule has 2 aromatic carbocycles. The number of aromatic amines is 1. The second kappa shape index (κ2) is 8.28. The van der Waals surface area contributed by atoms with Crippen molar-refractivity contribution in [3.05, 3.63) is 71.8 Å². The molecule has 2 N–H and O–H groups in total. The van der Waals surface area contributed by atoms with Crippen molar-refractivity contribution in [2.45, 2.75) is 23.7 Å². The highest BCUT2D eigenvalue weighted by Crippen LogP contribution is 2.31. The van der Waals surface area contributed by atoms with Gasteiger partial charge in [0, 0.05) is 22.5 Å². The van der Waals surface area contributed by atoms with Crippen molar-refractivity contribution in [3.8, 4) is 0 Å². The van der Waals surface area contributed by atoms with Crippen LogP contribution in [0, 0.1) is 6.92 Å². The molecule has 1 atom stereocenters. The Labute approximate surface area is 177 Å². The Balaban J connectivity index is 1.48. The summed E-state index contributed by atoms with van der Waals surface area (Å²) < 4.78 is 38.4. The fourth-order valence-electron chi connectivity index (χ4n) is 2.90. The van der Waals surface area contributed by atoms with E-state index in [1.54, 1.807) is 6.07 Å². The van der Waals surface area contributed by atoms with E-state index in [-0.39, 0.29) is 0 Å². The maximum atomic E-state index is 12.8. The van der Waals surface area contributed by atoms with Crippen LogP contribution >= 0.6 is 21.0 Å². The van der Waals surface area contributed by atoms with Crippen LogP contribution in [0.3, 0.4) is 0 Å². The van der Waals surface area contributed by atoms with Crippen LogP contribution in [-0.4, -0.2) is 15.0 Å². The highest BCUT2D eigenvalue weighted by atomic mass is 32.2.